The SMILES string of the molecule is C=C/C=C(\OCCO)C1CC=C(C(=O)OCC)CC1. The summed E-state index contributed by atoms with van der Waals surface area (Å²) in [5.74, 6) is 0.845. The smallest absolute Gasteiger partial charge is 0.333 e. The van der Waals surface area contributed by atoms with Crippen molar-refractivity contribution in [1.82, 2.24) is 0 Å². The zero-order chi connectivity index (χ0) is 14.1. The van der Waals surface area contributed by atoms with Crippen molar-refractivity contribution in [1.29, 1.82) is 0 Å². The van der Waals surface area contributed by atoms with Gasteiger partial charge in [0.15, 0.2) is 0 Å². The number of ether oxygens (including phenoxy) is 2. The molecule has 0 radical (unpaired) electrons. The Hall–Kier alpha value is -1.55. The number of hydrogen-bond acceptors (Lipinski definition) is 4. The highest BCUT2D eigenvalue weighted by Gasteiger charge is 2.22. The molecule has 0 spiro atoms. The third-order valence-corrected chi connectivity index (χ3v) is 2.99. The van der Waals surface area contributed by atoms with Gasteiger partial charge in [-0.05, 0) is 32.3 Å². The lowest BCUT2D eigenvalue weighted by atomic mass is 9.88. The topological polar surface area (TPSA) is 55.8 Å². The minimum atomic E-state index is -0.216. The van der Waals surface area contributed by atoms with Crippen LogP contribution in [0.2, 0.25) is 0 Å². The third-order valence-electron chi connectivity index (χ3n) is 2.99. The van der Waals surface area contributed by atoms with E-state index >= 15 is 0 Å². The molecule has 0 bridgehead atoms. The molecule has 0 aliphatic heterocycles. The van der Waals surface area contributed by atoms with E-state index in [1.807, 2.05) is 12.2 Å². The van der Waals surface area contributed by atoms with E-state index in [0.717, 1.165) is 24.2 Å². The van der Waals surface area contributed by atoms with Crippen molar-refractivity contribution >= 4 is 5.97 Å². The monoisotopic (exact) mass is 266 g/mol. The van der Waals surface area contributed by atoms with Crippen molar-refractivity contribution in [3.63, 3.8) is 0 Å². The first-order valence-corrected chi connectivity index (χ1v) is 6.65. The molecule has 1 unspecified atom stereocenters. The van der Waals surface area contributed by atoms with Gasteiger partial charge in [-0.3, -0.25) is 0 Å². The van der Waals surface area contributed by atoms with Gasteiger partial charge in [0.05, 0.1) is 19.0 Å². The summed E-state index contributed by atoms with van der Waals surface area (Å²) < 4.78 is 10.5. The molecular weight excluding hydrogens is 244 g/mol. The highest BCUT2D eigenvalue weighted by Crippen LogP contribution is 2.30. The molecule has 0 amide bonds. The molecule has 19 heavy (non-hydrogen) atoms. The predicted octanol–water partition coefficient (Wildman–Crippen LogP) is 2.35. The Labute approximate surface area is 114 Å². The first kappa shape index (κ1) is 15.5. The van der Waals surface area contributed by atoms with Gasteiger partial charge in [0.25, 0.3) is 0 Å². The zero-order valence-electron chi connectivity index (χ0n) is 11.4. The molecule has 4 nitrogen and oxygen atoms in total. The number of allylic oxidation sites excluding steroid dienone is 4. The maximum absolute atomic E-state index is 11.6. The lowest BCUT2D eigenvalue weighted by molar-refractivity contribution is -0.138. The van der Waals surface area contributed by atoms with E-state index in [-0.39, 0.29) is 25.1 Å². The van der Waals surface area contributed by atoms with Crippen LogP contribution >= 0.6 is 0 Å². The number of aliphatic hydroxyl groups excluding tert-OH is 1. The van der Waals surface area contributed by atoms with Crippen LogP contribution in [0.25, 0.3) is 0 Å². The molecule has 0 heterocycles. The molecule has 1 atom stereocenters. The van der Waals surface area contributed by atoms with E-state index < -0.39 is 0 Å². The van der Waals surface area contributed by atoms with Crippen molar-refractivity contribution in [3.05, 3.63) is 36.1 Å². The number of carbonyl (C=O) groups excluding carboxylic acids is 1. The molecule has 0 fully saturated rings. The van der Waals surface area contributed by atoms with Gasteiger partial charge < -0.3 is 14.6 Å². The fraction of sp³-hybridized carbons (Fsp3) is 0.533. The van der Waals surface area contributed by atoms with Gasteiger partial charge >= 0.3 is 5.97 Å². The van der Waals surface area contributed by atoms with E-state index in [2.05, 4.69) is 6.58 Å². The summed E-state index contributed by atoms with van der Waals surface area (Å²) >= 11 is 0. The minimum Gasteiger partial charge on any atom is -0.495 e. The number of hydrogen-bond donors (Lipinski definition) is 1. The molecule has 1 N–H and O–H groups in total. The van der Waals surface area contributed by atoms with Crippen molar-refractivity contribution < 1.29 is 19.4 Å². The summed E-state index contributed by atoms with van der Waals surface area (Å²) in [5.41, 5.74) is 0.748. The molecule has 0 saturated heterocycles. The fourth-order valence-corrected chi connectivity index (χ4v) is 2.08. The maximum atomic E-state index is 11.6. The van der Waals surface area contributed by atoms with Gasteiger partial charge in [-0.25, -0.2) is 4.79 Å². The quantitative estimate of drug-likeness (QED) is 0.436. The van der Waals surface area contributed by atoms with Crippen LogP contribution in [0.1, 0.15) is 26.2 Å². The average Bonchev–Trinajstić information content (AvgIpc) is 2.44. The molecule has 1 aliphatic carbocycles. The number of esters is 1. The standard InChI is InChI=1S/C15H22O4/c1-3-5-14(19-11-10-16)12-6-8-13(9-7-12)15(17)18-4-2/h3,5,8,12,16H,1,4,6-7,9-11H2,2H3/b14-5-. The Bertz CT molecular complexity index is 368. The summed E-state index contributed by atoms with van der Waals surface area (Å²) in [6.45, 7) is 6.14. The van der Waals surface area contributed by atoms with Crippen molar-refractivity contribution in [3.8, 4) is 0 Å². The Morgan fingerprint density at radius 3 is 2.89 bits per heavy atom. The minimum absolute atomic E-state index is 0.00881. The van der Waals surface area contributed by atoms with Gasteiger partial charge in [-0.1, -0.05) is 18.7 Å². The normalized spacial score (nSPS) is 19.6. The largest absolute Gasteiger partial charge is 0.495 e. The highest BCUT2D eigenvalue weighted by molar-refractivity contribution is 5.88. The summed E-state index contributed by atoms with van der Waals surface area (Å²) in [5, 5.41) is 8.80. The number of rotatable bonds is 7. The Morgan fingerprint density at radius 2 is 2.37 bits per heavy atom. The van der Waals surface area contributed by atoms with Crippen LogP contribution in [0.15, 0.2) is 36.1 Å². The molecule has 0 saturated carbocycles. The van der Waals surface area contributed by atoms with Crippen LogP contribution in [0, 0.1) is 5.92 Å². The van der Waals surface area contributed by atoms with E-state index in [1.54, 1.807) is 13.0 Å². The maximum Gasteiger partial charge on any atom is 0.333 e. The Kier molecular flexibility index (Phi) is 6.97. The summed E-state index contributed by atoms with van der Waals surface area (Å²) in [6.07, 6.45) is 7.71. The predicted molar refractivity (Wildman–Crippen MR) is 73.4 cm³/mol. The molecule has 4 heteroatoms. The molecule has 1 aliphatic rings. The fourth-order valence-electron chi connectivity index (χ4n) is 2.08. The Balaban J connectivity index is 2.61. The van der Waals surface area contributed by atoms with Crippen molar-refractivity contribution in [2.75, 3.05) is 19.8 Å². The molecule has 1 rings (SSSR count). The first-order chi connectivity index (χ1) is 9.22. The average molecular weight is 266 g/mol. The van der Waals surface area contributed by atoms with Gasteiger partial charge in [-0.2, -0.15) is 0 Å². The summed E-state index contributed by atoms with van der Waals surface area (Å²) in [4.78, 5) is 11.6. The van der Waals surface area contributed by atoms with Gasteiger partial charge in [-0.15, -0.1) is 0 Å². The van der Waals surface area contributed by atoms with Crippen LogP contribution in [0.4, 0.5) is 0 Å². The highest BCUT2D eigenvalue weighted by atomic mass is 16.5. The van der Waals surface area contributed by atoms with Crippen LogP contribution in [0.3, 0.4) is 0 Å². The molecule has 0 aromatic rings. The summed E-state index contributed by atoms with van der Waals surface area (Å²) in [7, 11) is 0. The molecule has 0 aromatic carbocycles. The number of carbonyl (C=O) groups is 1. The number of aliphatic hydroxyl groups is 1. The van der Waals surface area contributed by atoms with Gasteiger partial charge in [0.2, 0.25) is 0 Å². The van der Waals surface area contributed by atoms with E-state index in [0.29, 0.717) is 13.0 Å². The third kappa shape index (κ3) is 4.91. The lowest BCUT2D eigenvalue weighted by Gasteiger charge is -2.23. The van der Waals surface area contributed by atoms with E-state index in [9.17, 15) is 4.79 Å². The van der Waals surface area contributed by atoms with Crippen LogP contribution in [0.5, 0.6) is 0 Å². The second-order valence-electron chi connectivity index (χ2n) is 4.30. The molecule has 0 aromatic heterocycles. The van der Waals surface area contributed by atoms with Crippen LogP contribution < -0.4 is 0 Å². The second-order valence-corrected chi connectivity index (χ2v) is 4.30. The zero-order valence-corrected chi connectivity index (χ0v) is 11.4. The summed E-state index contributed by atoms with van der Waals surface area (Å²) in [6, 6.07) is 0. The van der Waals surface area contributed by atoms with E-state index in [4.69, 9.17) is 14.6 Å². The van der Waals surface area contributed by atoms with E-state index in [1.165, 1.54) is 0 Å². The lowest BCUT2D eigenvalue weighted by Crippen LogP contribution is -2.17. The van der Waals surface area contributed by atoms with Crippen molar-refractivity contribution in [2.45, 2.75) is 26.2 Å². The van der Waals surface area contributed by atoms with Crippen LogP contribution in [-0.2, 0) is 14.3 Å². The molecule has 106 valence electrons. The van der Waals surface area contributed by atoms with Crippen LogP contribution in [-0.4, -0.2) is 30.9 Å². The molecular formula is C15H22O4. The first-order valence-electron chi connectivity index (χ1n) is 6.65. The van der Waals surface area contributed by atoms with Crippen molar-refractivity contribution in [2.24, 2.45) is 5.92 Å². The second kappa shape index (κ2) is 8.53. The van der Waals surface area contributed by atoms with Gasteiger partial charge in [0.1, 0.15) is 6.61 Å². The van der Waals surface area contributed by atoms with Gasteiger partial charge in [0, 0.05) is 11.5 Å². The Morgan fingerprint density at radius 1 is 1.58 bits per heavy atom.